The Morgan fingerprint density at radius 1 is 0.828 bits per heavy atom. The number of aliphatic carboxylic acids is 2. The molecule has 29 heavy (non-hydrogen) atoms. The molecule has 4 unspecified atom stereocenters. The van der Waals surface area contributed by atoms with Crippen LogP contribution in [0.25, 0.3) is 0 Å². The van der Waals surface area contributed by atoms with Gasteiger partial charge in [-0.1, -0.05) is 0 Å². The highest BCUT2D eigenvalue weighted by atomic mass is 32.1. The third-order valence-corrected chi connectivity index (χ3v) is 3.75. The van der Waals surface area contributed by atoms with E-state index in [1.165, 1.54) is 0 Å². The van der Waals surface area contributed by atoms with Crippen molar-refractivity contribution in [1.82, 2.24) is 16.0 Å². The summed E-state index contributed by atoms with van der Waals surface area (Å²) in [5.41, 5.74) is 10.4. The van der Waals surface area contributed by atoms with E-state index in [9.17, 15) is 33.9 Å². The Morgan fingerprint density at radius 3 is 1.72 bits per heavy atom. The van der Waals surface area contributed by atoms with Crippen LogP contribution >= 0.6 is 12.6 Å². The fourth-order valence-corrected chi connectivity index (χ4v) is 2.15. The third-order valence-electron chi connectivity index (χ3n) is 3.38. The molecule has 14 nitrogen and oxygen atoms in total. The van der Waals surface area contributed by atoms with Gasteiger partial charge in [0.2, 0.25) is 23.6 Å². The van der Waals surface area contributed by atoms with E-state index >= 15 is 0 Å². The Bertz CT molecular complexity index is 659. The molecule has 4 atom stereocenters. The minimum atomic E-state index is -1.79. The van der Waals surface area contributed by atoms with E-state index in [0.717, 1.165) is 0 Å². The molecular weight excluding hydrogens is 414 g/mol. The molecule has 0 rings (SSSR count). The second-order valence-corrected chi connectivity index (χ2v) is 6.13. The van der Waals surface area contributed by atoms with Crippen molar-refractivity contribution in [1.29, 1.82) is 0 Å². The number of primary amides is 1. The lowest BCUT2D eigenvalue weighted by molar-refractivity contribution is -0.147. The first-order valence-electron chi connectivity index (χ1n) is 8.04. The minimum Gasteiger partial charge on any atom is -0.481 e. The molecule has 4 amide bonds. The molecule has 0 aromatic carbocycles. The Morgan fingerprint density at radius 2 is 1.31 bits per heavy atom. The molecule has 0 spiro atoms. The molecule has 0 heterocycles. The quantitative estimate of drug-likeness (QED) is 0.124. The van der Waals surface area contributed by atoms with Crippen LogP contribution < -0.4 is 27.4 Å². The van der Waals surface area contributed by atoms with Gasteiger partial charge in [-0.2, -0.15) is 12.6 Å². The summed E-state index contributed by atoms with van der Waals surface area (Å²) in [6.07, 6.45) is -1.41. The van der Waals surface area contributed by atoms with Crippen molar-refractivity contribution in [2.24, 2.45) is 11.5 Å². The monoisotopic (exact) mass is 437 g/mol. The standard InChI is InChI=1S/C14H23N5O9S/c15-5(1-9(16)21)11(24)19-8(4-29)13(26)18-7(3-20)12(25)17-6(14(27)28)2-10(22)23/h5-8,20,29H,1-4,15H2,(H2,16,21)(H,17,25)(H,18,26)(H,19,24)(H,22,23)(H,27,28). The number of thiol groups is 1. The SMILES string of the molecule is NC(=O)CC(N)C(=O)NC(CS)C(=O)NC(CO)C(=O)NC(CC(=O)O)C(=O)O. The van der Waals surface area contributed by atoms with Crippen LogP contribution in [0, 0.1) is 0 Å². The molecule has 0 aliphatic heterocycles. The topological polar surface area (TPSA) is 251 Å². The summed E-state index contributed by atoms with van der Waals surface area (Å²) >= 11 is 3.88. The predicted molar refractivity (Wildman–Crippen MR) is 98.4 cm³/mol. The average Bonchev–Trinajstić information content (AvgIpc) is 2.61. The number of hydrogen-bond donors (Lipinski definition) is 9. The maximum atomic E-state index is 12.2. The summed E-state index contributed by atoms with van der Waals surface area (Å²) in [7, 11) is 0. The largest absolute Gasteiger partial charge is 0.481 e. The Hall–Kier alpha value is -2.91. The van der Waals surface area contributed by atoms with Gasteiger partial charge in [0.05, 0.1) is 25.5 Å². The second kappa shape index (κ2) is 12.5. The van der Waals surface area contributed by atoms with Gasteiger partial charge in [-0.05, 0) is 0 Å². The molecule has 15 heteroatoms. The number of carboxylic acids is 2. The lowest BCUT2D eigenvalue weighted by Crippen LogP contribution is -2.58. The van der Waals surface area contributed by atoms with Crippen molar-refractivity contribution in [2.45, 2.75) is 37.0 Å². The highest BCUT2D eigenvalue weighted by Gasteiger charge is 2.30. The van der Waals surface area contributed by atoms with Gasteiger partial charge in [-0.15, -0.1) is 0 Å². The van der Waals surface area contributed by atoms with Gasteiger partial charge < -0.3 is 42.7 Å². The van der Waals surface area contributed by atoms with E-state index in [4.69, 9.17) is 21.7 Å². The zero-order valence-electron chi connectivity index (χ0n) is 15.0. The fraction of sp³-hybridized carbons (Fsp3) is 0.571. The summed E-state index contributed by atoms with van der Waals surface area (Å²) in [4.78, 5) is 68.5. The van der Waals surface area contributed by atoms with Crippen LogP contribution in [-0.2, 0) is 28.8 Å². The van der Waals surface area contributed by atoms with Gasteiger partial charge >= 0.3 is 11.9 Å². The summed E-state index contributed by atoms with van der Waals surface area (Å²) in [6, 6.07) is -6.08. The molecular formula is C14H23N5O9S. The normalized spacial score (nSPS) is 14.6. The summed E-state index contributed by atoms with van der Waals surface area (Å²) in [6.45, 7) is -0.953. The number of carboxylic acid groups (broad SMARTS) is 2. The number of aliphatic hydroxyl groups excluding tert-OH is 1. The Labute approximate surface area is 169 Å². The fourth-order valence-electron chi connectivity index (χ4n) is 1.90. The number of hydrogen-bond acceptors (Lipinski definition) is 9. The van der Waals surface area contributed by atoms with Crippen molar-refractivity contribution in [2.75, 3.05) is 12.4 Å². The second-order valence-electron chi connectivity index (χ2n) is 5.76. The number of amides is 4. The van der Waals surface area contributed by atoms with Crippen LogP contribution in [0.3, 0.4) is 0 Å². The van der Waals surface area contributed by atoms with Gasteiger partial charge in [0.25, 0.3) is 0 Å². The zero-order chi connectivity index (χ0) is 22.7. The van der Waals surface area contributed by atoms with Crippen LogP contribution in [0.15, 0.2) is 0 Å². The third kappa shape index (κ3) is 9.72. The summed E-state index contributed by atoms with van der Waals surface area (Å²) in [5, 5.41) is 33.0. The van der Waals surface area contributed by atoms with Crippen LogP contribution in [0.1, 0.15) is 12.8 Å². The van der Waals surface area contributed by atoms with Crippen LogP contribution in [-0.4, -0.2) is 87.4 Å². The zero-order valence-corrected chi connectivity index (χ0v) is 15.9. The molecule has 0 bridgehead atoms. The number of nitrogens with two attached hydrogens (primary N) is 2. The van der Waals surface area contributed by atoms with Crippen molar-refractivity contribution in [3.8, 4) is 0 Å². The Kier molecular flexibility index (Phi) is 11.3. The molecule has 0 aromatic rings. The molecule has 0 fully saturated rings. The number of aliphatic hydroxyl groups is 1. The lowest BCUT2D eigenvalue weighted by atomic mass is 10.1. The highest BCUT2D eigenvalue weighted by Crippen LogP contribution is 1.98. The summed E-state index contributed by atoms with van der Waals surface area (Å²) in [5.74, 6) is -7.25. The lowest BCUT2D eigenvalue weighted by Gasteiger charge is -2.23. The van der Waals surface area contributed by atoms with Gasteiger partial charge in [0.15, 0.2) is 0 Å². The molecule has 0 radical (unpaired) electrons. The Balaban J connectivity index is 5.02. The predicted octanol–water partition coefficient (Wildman–Crippen LogP) is -4.88. The maximum absolute atomic E-state index is 12.2. The van der Waals surface area contributed by atoms with Gasteiger partial charge in [0, 0.05) is 5.75 Å². The van der Waals surface area contributed by atoms with Crippen LogP contribution in [0.4, 0.5) is 0 Å². The summed E-state index contributed by atoms with van der Waals surface area (Å²) < 4.78 is 0. The van der Waals surface area contributed by atoms with Crippen LogP contribution in [0.2, 0.25) is 0 Å². The highest BCUT2D eigenvalue weighted by molar-refractivity contribution is 7.80. The van der Waals surface area contributed by atoms with Crippen molar-refractivity contribution < 1.29 is 44.1 Å². The average molecular weight is 437 g/mol. The van der Waals surface area contributed by atoms with Gasteiger partial charge in [0.1, 0.15) is 18.1 Å². The number of rotatable bonds is 13. The number of nitrogens with one attached hydrogen (secondary N) is 3. The van der Waals surface area contributed by atoms with E-state index in [1.54, 1.807) is 0 Å². The van der Waals surface area contributed by atoms with E-state index < -0.39 is 79.2 Å². The first-order valence-corrected chi connectivity index (χ1v) is 8.67. The van der Waals surface area contributed by atoms with Crippen molar-refractivity contribution in [3.05, 3.63) is 0 Å². The molecule has 0 aliphatic carbocycles. The first kappa shape index (κ1) is 26.1. The smallest absolute Gasteiger partial charge is 0.326 e. The van der Waals surface area contributed by atoms with Gasteiger partial charge in [-0.3, -0.25) is 24.0 Å². The van der Waals surface area contributed by atoms with Crippen molar-refractivity contribution in [3.63, 3.8) is 0 Å². The van der Waals surface area contributed by atoms with E-state index in [-0.39, 0.29) is 5.75 Å². The van der Waals surface area contributed by atoms with E-state index in [2.05, 4.69) is 23.3 Å². The number of carbonyl (C=O) groups is 6. The molecule has 164 valence electrons. The van der Waals surface area contributed by atoms with E-state index in [1.807, 2.05) is 5.32 Å². The molecule has 0 aromatic heterocycles. The molecule has 0 saturated heterocycles. The number of carbonyl (C=O) groups excluding carboxylic acids is 4. The van der Waals surface area contributed by atoms with Gasteiger partial charge in [-0.25, -0.2) is 4.79 Å². The van der Waals surface area contributed by atoms with Crippen molar-refractivity contribution >= 4 is 48.2 Å². The molecule has 0 saturated carbocycles. The van der Waals surface area contributed by atoms with E-state index in [0.29, 0.717) is 0 Å². The maximum Gasteiger partial charge on any atom is 0.326 e. The molecule has 10 N–H and O–H groups in total. The minimum absolute atomic E-state index is 0.253. The molecule has 0 aliphatic rings. The first-order chi connectivity index (χ1) is 13.4. The van der Waals surface area contributed by atoms with Crippen LogP contribution in [0.5, 0.6) is 0 Å².